The van der Waals surface area contributed by atoms with Gasteiger partial charge in [0.05, 0.1) is 26.9 Å². The van der Waals surface area contributed by atoms with E-state index in [1.54, 1.807) is 12.0 Å². The molecule has 2 bridgehead atoms. The van der Waals surface area contributed by atoms with Gasteiger partial charge in [-0.25, -0.2) is 0 Å². The van der Waals surface area contributed by atoms with E-state index in [1.165, 1.54) is 86.5 Å². The molecule has 0 aromatic heterocycles. The van der Waals surface area contributed by atoms with Crippen LogP contribution in [-0.2, 0) is 44.3 Å². The van der Waals surface area contributed by atoms with Crippen molar-refractivity contribution >= 4 is 17.7 Å². The molecule has 0 radical (unpaired) electrons. The third kappa shape index (κ3) is 6.45. The second-order valence-corrected chi connectivity index (χ2v) is 12.8. The fraction of sp³-hybridized carbons (Fsp3) is 0.647. The second-order valence-electron chi connectivity index (χ2n) is 11.9. The maximum atomic E-state index is 5.95. The van der Waals surface area contributed by atoms with Crippen molar-refractivity contribution < 1.29 is 18.4 Å². The number of ether oxygens (including phenoxy) is 3. The van der Waals surface area contributed by atoms with Crippen molar-refractivity contribution in [3.63, 3.8) is 0 Å². The van der Waals surface area contributed by atoms with Gasteiger partial charge in [0.1, 0.15) is 0 Å². The first-order valence-corrected chi connectivity index (χ1v) is 16.4. The molecule has 7 heteroatoms. The van der Waals surface area contributed by atoms with E-state index in [1.807, 2.05) is 28.4 Å². The Labute approximate surface area is 252 Å². The number of hydrogen-bond donors (Lipinski definition) is 0. The third-order valence-corrected chi connectivity index (χ3v) is 10.3. The van der Waals surface area contributed by atoms with Crippen LogP contribution in [0.3, 0.4) is 0 Å². The smallest absolute Gasteiger partial charge is 0.0719 e. The lowest BCUT2D eigenvalue weighted by Gasteiger charge is -2.40. The lowest BCUT2D eigenvalue weighted by molar-refractivity contribution is 0.183. The average Bonchev–Trinajstić information content (AvgIpc) is 2.98. The first-order chi connectivity index (χ1) is 20.1. The van der Waals surface area contributed by atoms with Crippen molar-refractivity contribution in [2.45, 2.75) is 82.1 Å². The van der Waals surface area contributed by atoms with E-state index in [2.05, 4.69) is 16.4 Å². The van der Waals surface area contributed by atoms with Crippen LogP contribution in [-0.4, -0.2) is 72.7 Å². The standard InChI is InChI=1S/C34H50N2O4S/c1-24-26-12-8-17-35(24)16-7-6-11-25(22-38-3)30(27(26)15-20-37-2)21-31-32(23-39-4)28-13-9-18-36-19-10-14-29(33(28)36)34(31)41-40-5/h1,6-23H2,2-5H3/b27-26-,30-25+. The fourth-order valence-electron chi connectivity index (χ4n) is 7.66. The fourth-order valence-corrected chi connectivity index (χ4v) is 8.42. The van der Waals surface area contributed by atoms with Crippen molar-refractivity contribution in [2.75, 3.05) is 72.7 Å². The van der Waals surface area contributed by atoms with Crippen LogP contribution in [0.1, 0.15) is 73.6 Å². The number of allylic oxidation sites excluding steroid dienone is 2. The molecule has 0 amide bonds. The summed E-state index contributed by atoms with van der Waals surface area (Å²) in [5.41, 5.74) is 14.2. The molecule has 41 heavy (non-hydrogen) atoms. The van der Waals surface area contributed by atoms with E-state index < -0.39 is 0 Å². The minimum atomic E-state index is 0.625. The Morgan fingerprint density at radius 1 is 0.707 bits per heavy atom. The molecule has 0 saturated carbocycles. The lowest BCUT2D eigenvalue weighted by Crippen LogP contribution is -2.36. The third-order valence-electron chi connectivity index (χ3n) is 9.45. The lowest BCUT2D eigenvalue weighted by atomic mass is 9.80. The zero-order chi connectivity index (χ0) is 28.8. The molecule has 1 aromatic rings. The van der Waals surface area contributed by atoms with Crippen LogP contribution in [0, 0.1) is 0 Å². The Morgan fingerprint density at radius 3 is 2.15 bits per heavy atom. The summed E-state index contributed by atoms with van der Waals surface area (Å²) in [5.74, 6) is 0. The number of anilines is 1. The average molecular weight is 583 g/mol. The summed E-state index contributed by atoms with van der Waals surface area (Å²) in [6, 6.07) is 0. The van der Waals surface area contributed by atoms with Gasteiger partial charge in [-0.2, -0.15) is 0 Å². The van der Waals surface area contributed by atoms with E-state index in [9.17, 15) is 0 Å². The highest BCUT2D eigenvalue weighted by atomic mass is 32.2. The number of hydrogen-bond acceptors (Lipinski definition) is 7. The molecule has 6 nitrogen and oxygen atoms in total. The quantitative estimate of drug-likeness (QED) is 0.266. The summed E-state index contributed by atoms with van der Waals surface area (Å²) in [6.07, 6.45) is 12.0. The summed E-state index contributed by atoms with van der Waals surface area (Å²) < 4.78 is 23.5. The highest BCUT2D eigenvalue weighted by molar-refractivity contribution is 7.94. The Hall–Kier alpha value is -1.77. The molecule has 4 aliphatic heterocycles. The van der Waals surface area contributed by atoms with Crippen LogP contribution in [0.2, 0.25) is 0 Å². The summed E-state index contributed by atoms with van der Waals surface area (Å²) in [5, 5.41) is 0. The molecule has 4 heterocycles. The number of nitrogens with zero attached hydrogens (tertiary/aromatic N) is 2. The van der Waals surface area contributed by atoms with Gasteiger partial charge in [-0.1, -0.05) is 6.58 Å². The zero-order valence-corrected chi connectivity index (χ0v) is 26.7. The topological polar surface area (TPSA) is 43.4 Å². The number of benzene rings is 1. The van der Waals surface area contributed by atoms with Gasteiger partial charge in [0.25, 0.3) is 0 Å². The number of fused-ring (bicyclic) bond motifs is 2. The van der Waals surface area contributed by atoms with E-state index in [-0.39, 0.29) is 0 Å². The van der Waals surface area contributed by atoms with E-state index >= 15 is 0 Å². The SMILES string of the molecule is C=C1/C2=C(CCOC)\C(Cc3c(COC)c4c5c(c3SOC)CCCN5CCC4)=C(\COC)CCCCN1CCC2. The van der Waals surface area contributed by atoms with Gasteiger partial charge in [-0.3, -0.25) is 0 Å². The largest absolute Gasteiger partial charge is 0.384 e. The van der Waals surface area contributed by atoms with E-state index in [4.69, 9.17) is 18.4 Å². The Morgan fingerprint density at radius 2 is 1.41 bits per heavy atom. The van der Waals surface area contributed by atoms with Crippen molar-refractivity contribution in [2.24, 2.45) is 0 Å². The molecular formula is C34H50N2O4S. The van der Waals surface area contributed by atoms with Gasteiger partial charge in [0.2, 0.25) is 0 Å². The minimum absolute atomic E-state index is 0.625. The predicted octanol–water partition coefficient (Wildman–Crippen LogP) is 6.80. The van der Waals surface area contributed by atoms with E-state index in [0.29, 0.717) is 19.8 Å². The van der Waals surface area contributed by atoms with Crippen LogP contribution < -0.4 is 4.90 Å². The van der Waals surface area contributed by atoms with Crippen LogP contribution >= 0.6 is 12.0 Å². The molecule has 226 valence electrons. The van der Waals surface area contributed by atoms with E-state index in [0.717, 1.165) is 71.1 Å². The van der Waals surface area contributed by atoms with Crippen molar-refractivity contribution in [3.8, 4) is 0 Å². The maximum Gasteiger partial charge on any atom is 0.0719 e. The molecule has 0 unspecified atom stereocenters. The van der Waals surface area contributed by atoms with Crippen molar-refractivity contribution in [1.82, 2.24) is 4.90 Å². The van der Waals surface area contributed by atoms with Gasteiger partial charge in [0.15, 0.2) is 0 Å². The number of rotatable bonds is 11. The Bertz CT molecular complexity index is 1130. The molecule has 1 aromatic carbocycles. The monoisotopic (exact) mass is 582 g/mol. The van der Waals surface area contributed by atoms with Crippen LogP contribution in [0.5, 0.6) is 0 Å². The normalized spacial score (nSPS) is 23.2. The molecule has 1 saturated heterocycles. The zero-order valence-electron chi connectivity index (χ0n) is 25.9. The second kappa shape index (κ2) is 14.6. The molecule has 0 aliphatic carbocycles. The molecule has 0 atom stereocenters. The molecular weight excluding hydrogens is 532 g/mol. The van der Waals surface area contributed by atoms with Crippen molar-refractivity contribution in [1.29, 1.82) is 0 Å². The summed E-state index contributed by atoms with van der Waals surface area (Å²) in [4.78, 5) is 6.47. The predicted molar refractivity (Wildman–Crippen MR) is 169 cm³/mol. The first-order valence-electron chi connectivity index (χ1n) is 15.6. The summed E-state index contributed by atoms with van der Waals surface area (Å²) in [7, 11) is 7.30. The first kappa shape index (κ1) is 30.7. The number of methoxy groups -OCH3 is 3. The Balaban J connectivity index is 1.75. The molecule has 0 N–H and O–H groups in total. The van der Waals surface area contributed by atoms with Gasteiger partial charge in [0, 0.05) is 75.8 Å². The van der Waals surface area contributed by atoms with Gasteiger partial charge in [-0.05, 0) is 115 Å². The van der Waals surface area contributed by atoms with Gasteiger partial charge >= 0.3 is 0 Å². The number of piperidine rings is 1. The summed E-state index contributed by atoms with van der Waals surface area (Å²) in [6.45, 7) is 11.2. The molecule has 0 spiro atoms. The highest BCUT2D eigenvalue weighted by Crippen LogP contribution is 2.47. The summed E-state index contributed by atoms with van der Waals surface area (Å²) >= 11 is 1.56. The highest BCUT2D eigenvalue weighted by Gasteiger charge is 2.33. The van der Waals surface area contributed by atoms with Gasteiger partial charge in [-0.15, -0.1) is 0 Å². The van der Waals surface area contributed by atoms with Crippen LogP contribution in [0.4, 0.5) is 5.69 Å². The van der Waals surface area contributed by atoms with Crippen LogP contribution in [0.25, 0.3) is 0 Å². The molecule has 5 rings (SSSR count). The molecule has 4 aliphatic rings. The molecule has 1 fully saturated rings. The van der Waals surface area contributed by atoms with Crippen LogP contribution in [0.15, 0.2) is 39.5 Å². The maximum absolute atomic E-state index is 5.95. The minimum Gasteiger partial charge on any atom is -0.384 e. The van der Waals surface area contributed by atoms with Crippen molar-refractivity contribution in [3.05, 3.63) is 56.8 Å². The van der Waals surface area contributed by atoms with Gasteiger partial charge < -0.3 is 28.2 Å². The Kier molecular flexibility index (Phi) is 10.9.